The molecule has 4 heteroatoms. The Kier molecular flexibility index (Phi) is 1.02. The zero-order chi connectivity index (χ0) is 9.00. The number of hydrogen-bond acceptors (Lipinski definition) is 2. The number of fused-ring (bicyclic) bond motifs is 1. The number of nitrogens with one attached hydrogen (secondary N) is 1. The molecule has 0 saturated heterocycles. The smallest absolute Gasteiger partial charge is 0.304 e. The van der Waals surface area contributed by atoms with Gasteiger partial charge in [0, 0.05) is 5.57 Å². The van der Waals surface area contributed by atoms with Gasteiger partial charge in [-0.05, 0) is 24.5 Å². The van der Waals surface area contributed by atoms with Gasteiger partial charge in [0.2, 0.25) is 5.78 Å². The van der Waals surface area contributed by atoms with Crippen LogP contribution in [0.2, 0.25) is 0 Å². The van der Waals surface area contributed by atoms with Crippen molar-refractivity contribution in [2.24, 2.45) is 4.99 Å². The molecule has 0 aromatic rings. The third-order valence-corrected chi connectivity index (χ3v) is 2.55. The van der Waals surface area contributed by atoms with Gasteiger partial charge in [-0.3, -0.25) is 4.79 Å². The number of aliphatic imine (C=N–C) groups is 1. The van der Waals surface area contributed by atoms with Gasteiger partial charge < -0.3 is 5.32 Å². The quantitative estimate of drug-likeness (QED) is 0.550. The van der Waals surface area contributed by atoms with Crippen molar-refractivity contribution >= 4 is 17.5 Å². The van der Waals surface area contributed by atoms with Gasteiger partial charge in [0.25, 0.3) is 0 Å². The minimum Gasteiger partial charge on any atom is -0.304 e. The largest absolute Gasteiger partial charge is 0.346 e. The number of hydrogen-bond donors (Lipinski definition) is 1. The van der Waals surface area contributed by atoms with E-state index in [2.05, 4.69) is 10.3 Å². The fraction of sp³-hybridized carbons (Fsp3) is 0.222. The van der Waals surface area contributed by atoms with E-state index < -0.39 is 6.03 Å². The highest BCUT2D eigenvalue weighted by atomic mass is 16.2. The van der Waals surface area contributed by atoms with Gasteiger partial charge in [-0.2, -0.15) is 4.99 Å². The second kappa shape index (κ2) is 1.96. The predicted octanol–water partition coefficient (Wildman–Crippen LogP) is 0.708. The van der Waals surface area contributed by atoms with Gasteiger partial charge in [-0.25, -0.2) is 4.79 Å². The van der Waals surface area contributed by atoms with E-state index in [-0.39, 0.29) is 5.78 Å². The van der Waals surface area contributed by atoms with Crippen LogP contribution in [0, 0.1) is 0 Å². The van der Waals surface area contributed by atoms with Crippen molar-refractivity contribution in [1.29, 1.82) is 0 Å². The molecule has 1 aliphatic heterocycles. The summed E-state index contributed by atoms with van der Waals surface area (Å²) >= 11 is 0. The van der Waals surface area contributed by atoms with Gasteiger partial charge in [0.15, 0.2) is 0 Å². The Hall–Kier alpha value is -1.71. The molecule has 0 bridgehead atoms. The lowest BCUT2D eigenvalue weighted by molar-refractivity contribution is -0.110. The Morgan fingerprint density at radius 3 is 2.85 bits per heavy atom. The van der Waals surface area contributed by atoms with E-state index in [9.17, 15) is 9.59 Å². The van der Waals surface area contributed by atoms with Gasteiger partial charge in [0.05, 0.1) is 5.70 Å². The third-order valence-electron chi connectivity index (χ3n) is 2.55. The normalized spacial score (nSPS) is 24.3. The topological polar surface area (TPSA) is 58.5 Å². The standard InChI is InChI=1S/C9H6N2O2/c12-8-5-2-1-4(5)3-6-7(8)11-9(13)10-6/h3H,1-2H2,(H,10,13). The summed E-state index contributed by atoms with van der Waals surface area (Å²) < 4.78 is 0. The molecule has 0 unspecified atom stereocenters. The lowest BCUT2D eigenvalue weighted by Gasteiger charge is -2.24. The summed E-state index contributed by atoms with van der Waals surface area (Å²) in [4.78, 5) is 26.1. The van der Waals surface area contributed by atoms with Crippen LogP contribution in [0.25, 0.3) is 0 Å². The number of Topliss-reactive ketones (excluding diaryl/α,β-unsaturated/α-hetero) is 1. The fourth-order valence-corrected chi connectivity index (χ4v) is 1.77. The number of allylic oxidation sites excluding steroid dienone is 4. The molecule has 0 saturated carbocycles. The average molecular weight is 174 g/mol. The molecule has 0 fully saturated rings. The lowest BCUT2D eigenvalue weighted by Crippen LogP contribution is -2.29. The second-order valence-corrected chi connectivity index (χ2v) is 3.28. The number of urea groups is 1. The molecule has 3 rings (SSSR count). The fourth-order valence-electron chi connectivity index (χ4n) is 1.77. The summed E-state index contributed by atoms with van der Waals surface area (Å²) in [6, 6.07) is -0.433. The van der Waals surface area contributed by atoms with Gasteiger partial charge in [0.1, 0.15) is 5.71 Å². The molecule has 1 heterocycles. The van der Waals surface area contributed by atoms with Crippen molar-refractivity contribution in [2.45, 2.75) is 12.8 Å². The van der Waals surface area contributed by atoms with Gasteiger partial charge in [-0.15, -0.1) is 0 Å². The number of ketones is 1. The van der Waals surface area contributed by atoms with Crippen LogP contribution in [0.15, 0.2) is 27.9 Å². The first-order valence-corrected chi connectivity index (χ1v) is 4.14. The zero-order valence-corrected chi connectivity index (χ0v) is 6.76. The molecule has 0 spiro atoms. The van der Waals surface area contributed by atoms with Crippen LogP contribution >= 0.6 is 0 Å². The van der Waals surface area contributed by atoms with E-state index >= 15 is 0 Å². The molecule has 2 aliphatic carbocycles. The minimum atomic E-state index is -0.433. The molecule has 0 aromatic carbocycles. The summed E-state index contributed by atoms with van der Waals surface area (Å²) in [6.07, 6.45) is 3.61. The molecular weight excluding hydrogens is 168 g/mol. The van der Waals surface area contributed by atoms with Crippen LogP contribution in [0.5, 0.6) is 0 Å². The molecular formula is C9H6N2O2. The molecule has 0 radical (unpaired) electrons. The highest BCUT2D eigenvalue weighted by molar-refractivity contribution is 6.55. The Balaban J connectivity index is 2.18. The van der Waals surface area contributed by atoms with E-state index in [1.165, 1.54) is 0 Å². The van der Waals surface area contributed by atoms with E-state index in [4.69, 9.17) is 0 Å². The van der Waals surface area contributed by atoms with Gasteiger partial charge >= 0.3 is 6.03 Å². The van der Waals surface area contributed by atoms with Crippen molar-refractivity contribution in [3.05, 3.63) is 22.9 Å². The molecule has 1 N–H and O–H groups in total. The zero-order valence-electron chi connectivity index (χ0n) is 6.76. The first kappa shape index (κ1) is 6.77. The summed E-state index contributed by atoms with van der Waals surface area (Å²) in [5.74, 6) is -0.0721. The molecule has 4 nitrogen and oxygen atoms in total. The minimum absolute atomic E-state index is 0.0721. The van der Waals surface area contributed by atoms with Gasteiger partial charge in [-0.1, -0.05) is 0 Å². The molecule has 3 aliphatic rings. The summed E-state index contributed by atoms with van der Waals surface area (Å²) in [7, 11) is 0. The number of carbonyl (C=O) groups excluding carboxylic acids is 2. The van der Waals surface area contributed by atoms with Crippen molar-refractivity contribution in [3.8, 4) is 0 Å². The number of carbonyl (C=O) groups is 2. The van der Waals surface area contributed by atoms with Crippen molar-refractivity contribution in [2.75, 3.05) is 0 Å². The van der Waals surface area contributed by atoms with E-state index in [1.54, 1.807) is 0 Å². The summed E-state index contributed by atoms with van der Waals surface area (Å²) in [5.41, 5.74) is 2.76. The van der Waals surface area contributed by atoms with Crippen LogP contribution in [-0.4, -0.2) is 17.5 Å². The van der Waals surface area contributed by atoms with E-state index in [1.807, 2.05) is 6.08 Å². The highest BCUT2D eigenvalue weighted by Gasteiger charge is 2.36. The van der Waals surface area contributed by atoms with Crippen LogP contribution in [0.4, 0.5) is 4.79 Å². The maximum Gasteiger partial charge on any atom is 0.346 e. The summed E-state index contributed by atoms with van der Waals surface area (Å²) in [5, 5.41) is 2.53. The Morgan fingerprint density at radius 1 is 1.31 bits per heavy atom. The van der Waals surface area contributed by atoms with E-state index in [0.29, 0.717) is 11.4 Å². The lowest BCUT2D eigenvalue weighted by atomic mass is 9.79. The van der Waals surface area contributed by atoms with Crippen LogP contribution in [-0.2, 0) is 4.79 Å². The maximum absolute atomic E-state index is 11.6. The Bertz CT molecular complexity index is 441. The first-order chi connectivity index (χ1) is 6.25. The van der Waals surface area contributed by atoms with Crippen LogP contribution in [0.1, 0.15) is 12.8 Å². The average Bonchev–Trinajstić information content (AvgIpc) is 2.39. The van der Waals surface area contributed by atoms with Crippen molar-refractivity contribution < 1.29 is 9.59 Å². The Labute approximate surface area is 74.0 Å². The molecule has 13 heavy (non-hydrogen) atoms. The Morgan fingerprint density at radius 2 is 2.15 bits per heavy atom. The third kappa shape index (κ3) is 0.722. The summed E-state index contributed by atoms with van der Waals surface area (Å²) in [6.45, 7) is 0. The molecule has 2 amide bonds. The maximum atomic E-state index is 11.6. The first-order valence-electron chi connectivity index (χ1n) is 4.14. The predicted molar refractivity (Wildman–Crippen MR) is 45.3 cm³/mol. The molecule has 64 valence electrons. The van der Waals surface area contributed by atoms with Crippen molar-refractivity contribution in [1.82, 2.24) is 5.32 Å². The number of nitrogens with zero attached hydrogens (tertiary/aromatic N) is 1. The number of amides is 2. The van der Waals surface area contributed by atoms with E-state index in [0.717, 1.165) is 24.0 Å². The van der Waals surface area contributed by atoms with Crippen LogP contribution < -0.4 is 5.32 Å². The molecule has 0 aromatic heterocycles. The SMILES string of the molecule is O=C1N=C2C(=O)C3=C(C=C2N1)CC3. The van der Waals surface area contributed by atoms with Crippen LogP contribution in [0.3, 0.4) is 0 Å². The number of rotatable bonds is 0. The molecule has 0 atom stereocenters. The highest BCUT2D eigenvalue weighted by Crippen LogP contribution is 2.35. The monoisotopic (exact) mass is 174 g/mol. The second-order valence-electron chi connectivity index (χ2n) is 3.28. The van der Waals surface area contributed by atoms with Crippen molar-refractivity contribution in [3.63, 3.8) is 0 Å².